The van der Waals surface area contributed by atoms with Crippen LogP contribution in [-0.4, -0.2) is 36.1 Å². The van der Waals surface area contributed by atoms with Gasteiger partial charge in [0, 0.05) is 32.4 Å². The third-order valence-electron chi connectivity index (χ3n) is 4.87. The van der Waals surface area contributed by atoms with Crippen LogP contribution in [0, 0.1) is 5.92 Å². The molecule has 0 radical (unpaired) electrons. The number of nitrogens with two attached hydrogens (primary N) is 1. The highest BCUT2D eigenvalue weighted by atomic mass is 15.2. The molecule has 3 rings (SSSR count). The predicted molar refractivity (Wildman–Crippen MR) is 101 cm³/mol. The van der Waals surface area contributed by atoms with Crippen molar-refractivity contribution in [3.8, 4) is 0 Å². The molecule has 24 heavy (non-hydrogen) atoms. The number of nitrogens with one attached hydrogen (secondary N) is 2. The van der Waals surface area contributed by atoms with E-state index < -0.39 is 0 Å². The van der Waals surface area contributed by atoms with E-state index in [2.05, 4.69) is 57.8 Å². The minimum absolute atomic E-state index is 0.362. The average Bonchev–Trinajstić information content (AvgIpc) is 2.60. The molecular formula is C19H27N5. The second kappa shape index (κ2) is 7.53. The van der Waals surface area contributed by atoms with Crippen LogP contribution in [0.3, 0.4) is 0 Å². The number of hydrogen-bond acceptors (Lipinski definition) is 5. The van der Waals surface area contributed by atoms with Crippen molar-refractivity contribution in [1.82, 2.24) is 9.88 Å². The van der Waals surface area contributed by atoms with Gasteiger partial charge in [-0.1, -0.05) is 37.3 Å². The van der Waals surface area contributed by atoms with E-state index in [9.17, 15) is 0 Å². The number of likely N-dealkylation sites (tertiary alicyclic amines) is 1. The van der Waals surface area contributed by atoms with E-state index in [-0.39, 0.29) is 0 Å². The van der Waals surface area contributed by atoms with Gasteiger partial charge in [-0.3, -0.25) is 4.90 Å². The van der Waals surface area contributed by atoms with E-state index in [0.717, 1.165) is 31.0 Å². The summed E-state index contributed by atoms with van der Waals surface area (Å²) in [6.07, 6.45) is 2.91. The Bertz CT molecular complexity index is 658. The molecule has 2 aromatic rings. The molecule has 0 spiro atoms. The van der Waals surface area contributed by atoms with Gasteiger partial charge < -0.3 is 16.4 Å². The first-order valence-corrected chi connectivity index (χ1v) is 8.62. The van der Waals surface area contributed by atoms with Gasteiger partial charge in [-0.2, -0.15) is 0 Å². The summed E-state index contributed by atoms with van der Waals surface area (Å²) in [6.45, 7) is 5.44. The highest BCUT2D eigenvalue weighted by Crippen LogP contribution is 2.30. The first-order valence-electron chi connectivity index (χ1n) is 8.62. The van der Waals surface area contributed by atoms with Crippen molar-refractivity contribution < 1.29 is 0 Å². The highest BCUT2D eigenvalue weighted by Gasteiger charge is 2.27. The number of benzene rings is 1. The van der Waals surface area contributed by atoms with Crippen LogP contribution < -0.4 is 16.4 Å². The number of nitrogen functional groups attached to an aromatic ring is 1. The molecule has 4 N–H and O–H groups in total. The topological polar surface area (TPSA) is 66.2 Å². The largest absolute Gasteiger partial charge is 0.386 e. The lowest BCUT2D eigenvalue weighted by atomic mass is 9.92. The van der Waals surface area contributed by atoms with Crippen LogP contribution in [0.5, 0.6) is 0 Å². The lowest BCUT2D eigenvalue weighted by Gasteiger charge is -2.38. The summed E-state index contributed by atoms with van der Waals surface area (Å²) >= 11 is 0. The zero-order valence-electron chi connectivity index (χ0n) is 14.5. The Morgan fingerprint density at radius 1 is 1.25 bits per heavy atom. The van der Waals surface area contributed by atoms with Crippen molar-refractivity contribution in [3.63, 3.8) is 0 Å². The number of pyridine rings is 1. The number of hydrogen-bond donors (Lipinski definition) is 3. The summed E-state index contributed by atoms with van der Waals surface area (Å²) in [5.41, 5.74) is 9.36. The quantitative estimate of drug-likeness (QED) is 0.788. The molecule has 1 saturated heterocycles. The zero-order valence-corrected chi connectivity index (χ0v) is 14.5. The third-order valence-corrected chi connectivity index (χ3v) is 4.87. The van der Waals surface area contributed by atoms with Gasteiger partial charge in [-0.05, 0) is 30.5 Å². The fraction of sp³-hybridized carbons (Fsp3) is 0.421. The van der Waals surface area contributed by atoms with E-state index in [1.807, 2.05) is 13.1 Å². The Balaban J connectivity index is 1.70. The van der Waals surface area contributed by atoms with Crippen LogP contribution in [0.1, 0.15) is 18.9 Å². The minimum atomic E-state index is 0.362. The van der Waals surface area contributed by atoms with E-state index in [0.29, 0.717) is 17.8 Å². The van der Waals surface area contributed by atoms with Gasteiger partial charge in [0.1, 0.15) is 11.5 Å². The summed E-state index contributed by atoms with van der Waals surface area (Å²) in [5.74, 6) is 1.15. The number of rotatable bonds is 5. The van der Waals surface area contributed by atoms with Crippen molar-refractivity contribution >= 4 is 17.2 Å². The molecular weight excluding hydrogens is 298 g/mol. The molecule has 5 heteroatoms. The fourth-order valence-corrected chi connectivity index (χ4v) is 3.33. The van der Waals surface area contributed by atoms with E-state index in [1.54, 1.807) is 6.20 Å². The number of anilines is 3. The SMILES string of the molecule is CNc1ccnc(N)c1N[C@H]1CN(Cc2ccccc2)CC[C@H]1C. The lowest BCUT2D eigenvalue weighted by molar-refractivity contribution is 0.170. The molecule has 1 aromatic carbocycles. The fourth-order valence-electron chi connectivity index (χ4n) is 3.33. The van der Waals surface area contributed by atoms with Gasteiger partial charge >= 0.3 is 0 Å². The maximum Gasteiger partial charge on any atom is 0.148 e. The summed E-state index contributed by atoms with van der Waals surface area (Å²) in [5, 5.41) is 6.84. The van der Waals surface area contributed by atoms with Gasteiger partial charge in [-0.15, -0.1) is 0 Å². The maximum absolute atomic E-state index is 6.09. The van der Waals surface area contributed by atoms with E-state index in [4.69, 9.17) is 5.73 Å². The van der Waals surface area contributed by atoms with Crippen LogP contribution in [0.25, 0.3) is 0 Å². The first kappa shape index (κ1) is 16.6. The third kappa shape index (κ3) is 3.79. The first-order chi connectivity index (χ1) is 11.7. The van der Waals surface area contributed by atoms with Gasteiger partial charge in [0.05, 0.1) is 5.69 Å². The molecule has 1 aliphatic heterocycles. The van der Waals surface area contributed by atoms with E-state index in [1.165, 1.54) is 12.0 Å². The van der Waals surface area contributed by atoms with Gasteiger partial charge in [0.25, 0.3) is 0 Å². The Labute approximate surface area is 144 Å². The predicted octanol–water partition coefficient (Wildman–Crippen LogP) is 3.03. The van der Waals surface area contributed by atoms with Gasteiger partial charge in [0.2, 0.25) is 0 Å². The Morgan fingerprint density at radius 3 is 2.79 bits per heavy atom. The maximum atomic E-state index is 6.09. The van der Waals surface area contributed by atoms with Crippen molar-refractivity contribution in [3.05, 3.63) is 48.2 Å². The number of aromatic nitrogens is 1. The van der Waals surface area contributed by atoms with Crippen LogP contribution in [0.4, 0.5) is 17.2 Å². The molecule has 2 atom stereocenters. The van der Waals surface area contributed by atoms with Crippen molar-refractivity contribution in [2.24, 2.45) is 5.92 Å². The monoisotopic (exact) mass is 325 g/mol. The average molecular weight is 325 g/mol. The second-order valence-corrected chi connectivity index (χ2v) is 6.61. The molecule has 1 aromatic heterocycles. The molecule has 0 bridgehead atoms. The Kier molecular flexibility index (Phi) is 5.20. The molecule has 0 saturated carbocycles. The summed E-state index contributed by atoms with van der Waals surface area (Å²) in [6, 6.07) is 13.0. The van der Waals surface area contributed by atoms with Crippen molar-refractivity contribution in [2.75, 3.05) is 36.5 Å². The molecule has 0 amide bonds. The molecule has 0 unspecified atom stereocenters. The molecule has 5 nitrogen and oxygen atoms in total. The smallest absolute Gasteiger partial charge is 0.148 e. The van der Waals surface area contributed by atoms with Crippen LogP contribution in [-0.2, 0) is 6.54 Å². The van der Waals surface area contributed by atoms with Crippen LogP contribution in [0.15, 0.2) is 42.6 Å². The number of piperidine rings is 1. The number of nitrogens with zero attached hydrogens (tertiary/aromatic N) is 2. The second-order valence-electron chi connectivity index (χ2n) is 6.61. The lowest BCUT2D eigenvalue weighted by Crippen LogP contribution is -2.46. The van der Waals surface area contributed by atoms with Crippen LogP contribution in [0.2, 0.25) is 0 Å². The van der Waals surface area contributed by atoms with Gasteiger partial charge in [-0.25, -0.2) is 4.98 Å². The minimum Gasteiger partial charge on any atom is -0.386 e. The molecule has 2 heterocycles. The normalized spacial score (nSPS) is 21.4. The molecule has 128 valence electrons. The summed E-state index contributed by atoms with van der Waals surface area (Å²) in [7, 11) is 1.91. The van der Waals surface area contributed by atoms with Crippen molar-refractivity contribution in [1.29, 1.82) is 0 Å². The Hall–Kier alpha value is -2.27. The summed E-state index contributed by atoms with van der Waals surface area (Å²) < 4.78 is 0. The van der Waals surface area contributed by atoms with Gasteiger partial charge in [0.15, 0.2) is 0 Å². The molecule has 1 aliphatic rings. The Morgan fingerprint density at radius 2 is 2.04 bits per heavy atom. The standard InChI is InChI=1S/C19H27N5/c1-14-9-11-24(12-15-6-4-3-5-7-15)13-17(14)23-18-16(21-2)8-10-22-19(18)20/h3-8,10,14,17,23H,9,11-13H2,1-2H3,(H3,20,21,22)/t14-,17+/m1/s1. The molecule has 0 aliphatic carbocycles. The van der Waals surface area contributed by atoms with E-state index >= 15 is 0 Å². The summed E-state index contributed by atoms with van der Waals surface area (Å²) in [4.78, 5) is 6.74. The van der Waals surface area contributed by atoms with Crippen LogP contribution >= 0.6 is 0 Å². The zero-order chi connectivity index (χ0) is 16.9. The highest BCUT2D eigenvalue weighted by molar-refractivity contribution is 5.78. The van der Waals surface area contributed by atoms with Crippen molar-refractivity contribution in [2.45, 2.75) is 25.9 Å². The molecule has 1 fully saturated rings.